The maximum atomic E-state index is 12.7. The van der Waals surface area contributed by atoms with E-state index in [2.05, 4.69) is 4.98 Å². The first-order chi connectivity index (χ1) is 11.8. The van der Waals surface area contributed by atoms with E-state index in [0.29, 0.717) is 33.8 Å². The molecule has 0 saturated carbocycles. The second-order valence-electron chi connectivity index (χ2n) is 5.82. The second kappa shape index (κ2) is 7.34. The monoisotopic (exact) mass is 343 g/mol. The maximum absolute atomic E-state index is 12.7. The number of hydrogen-bond donors (Lipinski definition) is 1. The van der Waals surface area contributed by atoms with Crippen LogP contribution in [0.15, 0.2) is 24.3 Å². The summed E-state index contributed by atoms with van der Waals surface area (Å²) in [7, 11) is 1.30. The first-order valence-corrected chi connectivity index (χ1v) is 7.85. The summed E-state index contributed by atoms with van der Waals surface area (Å²) >= 11 is 0. The van der Waals surface area contributed by atoms with Gasteiger partial charge in [-0.15, -0.1) is 0 Å². The molecule has 1 heterocycles. The Labute approximate surface area is 146 Å². The van der Waals surface area contributed by atoms with Crippen molar-refractivity contribution in [1.29, 1.82) is 0 Å². The third-order valence-corrected chi connectivity index (χ3v) is 4.02. The van der Waals surface area contributed by atoms with Crippen molar-refractivity contribution >= 4 is 17.5 Å². The van der Waals surface area contributed by atoms with Crippen LogP contribution >= 0.6 is 0 Å². The molecule has 6 heteroatoms. The van der Waals surface area contributed by atoms with Crippen LogP contribution in [0, 0.1) is 13.8 Å². The molecule has 2 aromatic rings. The van der Waals surface area contributed by atoms with Crippen LogP contribution in [-0.2, 0) is 4.74 Å². The maximum Gasteiger partial charge on any atom is 0.339 e. The predicted octanol–water partition coefficient (Wildman–Crippen LogP) is 3.27. The zero-order valence-corrected chi connectivity index (χ0v) is 14.9. The lowest BCUT2D eigenvalue weighted by molar-refractivity contribution is 0.0599. The predicted molar refractivity (Wildman–Crippen MR) is 92.5 cm³/mol. The topological polar surface area (TPSA) is 85.5 Å². The number of carbonyl (C=O) groups excluding carboxylic acids is 3. The zero-order valence-electron chi connectivity index (χ0n) is 14.9. The summed E-state index contributed by atoms with van der Waals surface area (Å²) < 4.78 is 10.4. The molecule has 6 nitrogen and oxygen atoms in total. The third kappa shape index (κ3) is 3.79. The number of methoxy groups -OCH3 is 1. The van der Waals surface area contributed by atoms with Crippen molar-refractivity contribution in [2.24, 2.45) is 0 Å². The molecule has 132 valence electrons. The van der Waals surface area contributed by atoms with Crippen LogP contribution in [0.3, 0.4) is 0 Å². The number of aromatic nitrogens is 1. The molecule has 0 aliphatic carbocycles. The molecule has 0 amide bonds. The fourth-order valence-corrected chi connectivity index (χ4v) is 2.63. The molecule has 0 bridgehead atoms. The largest absolute Gasteiger partial charge is 0.483 e. The van der Waals surface area contributed by atoms with E-state index in [1.54, 1.807) is 45.0 Å². The molecule has 1 atom stereocenters. The number of ether oxygens (including phenoxy) is 2. The summed E-state index contributed by atoms with van der Waals surface area (Å²) in [6, 6.07) is 6.59. The van der Waals surface area contributed by atoms with Crippen molar-refractivity contribution in [2.45, 2.75) is 33.8 Å². The minimum absolute atomic E-state index is 0.0384. The molecule has 1 aromatic heterocycles. The van der Waals surface area contributed by atoms with Gasteiger partial charge in [0.2, 0.25) is 5.78 Å². The number of aromatic amines is 1. The van der Waals surface area contributed by atoms with Crippen LogP contribution < -0.4 is 4.74 Å². The number of nitrogens with one attached hydrogen (secondary N) is 1. The molecule has 25 heavy (non-hydrogen) atoms. The van der Waals surface area contributed by atoms with Gasteiger partial charge in [-0.1, -0.05) is 0 Å². The smallest absolute Gasteiger partial charge is 0.339 e. The molecule has 0 unspecified atom stereocenters. The minimum Gasteiger partial charge on any atom is -0.483 e. The highest BCUT2D eigenvalue weighted by Gasteiger charge is 2.26. The summed E-state index contributed by atoms with van der Waals surface area (Å²) in [6.07, 6.45) is -0.759. The van der Waals surface area contributed by atoms with Crippen molar-refractivity contribution in [2.75, 3.05) is 7.11 Å². The molecule has 1 aromatic carbocycles. The Hall–Kier alpha value is -2.89. The quantitative estimate of drug-likeness (QED) is 0.643. The van der Waals surface area contributed by atoms with Gasteiger partial charge in [0.1, 0.15) is 5.75 Å². The average molecular weight is 343 g/mol. The SMILES string of the molecule is COC(=O)c1c(C)[nH]c(C(=O)[C@@H](C)Oc2ccc(C(C)=O)cc2)c1C. The van der Waals surface area contributed by atoms with Crippen LogP contribution in [0.1, 0.15) is 56.3 Å². The number of ketones is 2. The standard InChI is InChI=1S/C19H21NO5/c1-10-16(19(23)24-5)11(2)20-17(10)18(22)13(4)25-15-8-6-14(7-9-15)12(3)21/h6-9,13,20H,1-5H3/t13-/m1/s1. The lowest BCUT2D eigenvalue weighted by Gasteiger charge is -2.14. The van der Waals surface area contributed by atoms with Crippen LogP contribution in [0.2, 0.25) is 0 Å². The second-order valence-corrected chi connectivity index (χ2v) is 5.82. The van der Waals surface area contributed by atoms with Gasteiger partial charge in [-0.05, 0) is 57.5 Å². The number of hydrogen-bond acceptors (Lipinski definition) is 5. The number of Topliss-reactive ketones (excluding diaryl/α,β-unsaturated/α-hetero) is 2. The van der Waals surface area contributed by atoms with Gasteiger partial charge in [-0.2, -0.15) is 0 Å². The van der Waals surface area contributed by atoms with Gasteiger partial charge in [0, 0.05) is 11.3 Å². The molecule has 1 N–H and O–H groups in total. The first kappa shape index (κ1) is 18.4. The number of aryl methyl sites for hydroxylation is 1. The van der Waals surface area contributed by atoms with E-state index in [-0.39, 0.29) is 11.6 Å². The third-order valence-electron chi connectivity index (χ3n) is 4.02. The molecule has 0 radical (unpaired) electrons. The highest BCUT2D eigenvalue weighted by atomic mass is 16.5. The summed E-state index contributed by atoms with van der Waals surface area (Å²) in [5, 5.41) is 0. The Morgan fingerprint density at radius 1 is 1.08 bits per heavy atom. The van der Waals surface area contributed by atoms with Crippen molar-refractivity contribution in [3.63, 3.8) is 0 Å². The highest BCUT2D eigenvalue weighted by Crippen LogP contribution is 2.22. The Balaban J connectivity index is 2.20. The van der Waals surface area contributed by atoms with Crippen LogP contribution in [-0.4, -0.2) is 35.7 Å². The van der Waals surface area contributed by atoms with Crippen molar-refractivity contribution in [3.05, 3.63) is 52.3 Å². The normalized spacial score (nSPS) is 11.7. The fourth-order valence-electron chi connectivity index (χ4n) is 2.63. The number of esters is 1. The number of benzene rings is 1. The van der Waals surface area contributed by atoms with Gasteiger partial charge in [0.05, 0.1) is 18.4 Å². The summed E-state index contributed by atoms with van der Waals surface area (Å²) in [4.78, 5) is 38.7. The van der Waals surface area contributed by atoms with Gasteiger partial charge >= 0.3 is 5.97 Å². The molecule has 0 aliphatic rings. The van der Waals surface area contributed by atoms with E-state index in [4.69, 9.17) is 9.47 Å². The Bertz CT molecular complexity index is 817. The molecular weight excluding hydrogens is 322 g/mol. The fraction of sp³-hybridized carbons (Fsp3) is 0.316. The molecule has 0 aliphatic heterocycles. The van der Waals surface area contributed by atoms with E-state index in [1.807, 2.05) is 0 Å². The number of rotatable bonds is 6. The minimum atomic E-state index is -0.759. The van der Waals surface area contributed by atoms with E-state index < -0.39 is 12.1 Å². The van der Waals surface area contributed by atoms with Crippen molar-refractivity contribution < 1.29 is 23.9 Å². The van der Waals surface area contributed by atoms with Crippen LogP contribution in [0.5, 0.6) is 5.75 Å². The van der Waals surface area contributed by atoms with Gasteiger partial charge in [-0.25, -0.2) is 4.79 Å². The molecule has 0 fully saturated rings. The van der Waals surface area contributed by atoms with E-state index >= 15 is 0 Å². The van der Waals surface area contributed by atoms with E-state index in [1.165, 1.54) is 14.0 Å². The summed E-state index contributed by atoms with van der Waals surface area (Å²) in [5.74, 6) is -0.312. The summed E-state index contributed by atoms with van der Waals surface area (Å²) in [6.45, 7) is 6.52. The first-order valence-electron chi connectivity index (χ1n) is 7.85. The van der Waals surface area contributed by atoms with Gasteiger partial charge in [0.15, 0.2) is 11.9 Å². The van der Waals surface area contributed by atoms with Crippen molar-refractivity contribution in [1.82, 2.24) is 4.98 Å². The Kier molecular flexibility index (Phi) is 5.41. The number of carbonyl (C=O) groups is 3. The van der Waals surface area contributed by atoms with Crippen molar-refractivity contribution in [3.8, 4) is 5.75 Å². The molecule has 0 saturated heterocycles. The Morgan fingerprint density at radius 3 is 2.20 bits per heavy atom. The molecule has 2 rings (SSSR count). The van der Waals surface area contributed by atoms with Gasteiger partial charge in [-0.3, -0.25) is 9.59 Å². The summed E-state index contributed by atoms with van der Waals surface area (Å²) in [5.41, 5.74) is 2.38. The van der Waals surface area contributed by atoms with Gasteiger partial charge in [0.25, 0.3) is 0 Å². The average Bonchev–Trinajstić information content (AvgIpc) is 2.88. The highest BCUT2D eigenvalue weighted by molar-refractivity contribution is 6.03. The Morgan fingerprint density at radius 2 is 1.68 bits per heavy atom. The zero-order chi connectivity index (χ0) is 18.7. The van der Waals surface area contributed by atoms with Crippen LogP contribution in [0.25, 0.3) is 0 Å². The van der Waals surface area contributed by atoms with Crippen LogP contribution in [0.4, 0.5) is 0 Å². The lowest BCUT2D eigenvalue weighted by atomic mass is 10.1. The number of H-pyrrole nitrogens is 1. The lowest BCUT2D eigenvalue weighted by Crippen LogP contribution is -2.25. The van der Waals surface area contributed by atoms with E-state index in [9.17, 15) is 14.4 Å². The van der Waals surface area contributed by atoms with Gasteiger partial charge < -0.3 is 14.5 Å². The molecule has 0 spiro atoms. The molecular formula is C19H21NO5. The van der Waals surface area contributed by atoms with E-state index in [0.717, 1.165) is 0 Å².